The lowest BCUT2D eigenvalue weighted by atomic mass is 9.85. The second kappa shape index (κ2) is 6.05. The van der Waals surface area contributed by atoms with Crippen molar-refractivity contribution < 1.29 is 14.4 Å². The van der Waals surface area contributed by atoms with Gasteiger partial charge in [0.05, 0.1) is 21.1 Å². The van der Waals surface area contributed by atoms with Crippen LogP contribution >= 0.6 is 15.9 Å². The van der Waals surface area contributed by atoms with Crippen molar-refractivity contribution in [3.05, 3.63) is 32.5 Å². The average Bonchev–Trinajstić information content (AvgIpc) is 2.40. The highest BCUT2D eigenvalue weighted by molar-refractivity contribution is 9.10. The minimum Gasteiger partial charge on any atom is -0.388 e. The molecule has 0 heterocycles. The third-order valence-corrected chi connectivity index (χ3v) is 4.24. The number of nitrogens with zero attached hydrogens (tertiary/aromatic N) is 1. The van der Waals surface area contributed by atoms with Crippen LogP contribution in [0.5, 0.6) is 0 Å². The molecular weight excluding hydrogens is 331 g/mol. The zero-order valence-corrected chi connectivity index (χ0v) is 12.5. The Hall–Kier alpha value is -1.21. The molecule has 1 saturated carbocycles. The molecule has 7 heteroatoms. The molecule has 0 aliphatic heterocycles. The summed E-state index contributed by atoms with van der Waals surface area (Å²) in [7, 11) is 0. The lowest BCUT2D eigenvalue weighted by Crippen LogP contribution is -2.38. The van der Waals surface area contributed by atoms with Crippen molar-refractivity contribution >= 4 is 27.3 Å². The molecule has 2 N–H and O–H groups in total. The minimum atomic E-state index is -0.840. The summed E-state index contributed by atoms with van der Waals surface area (Å²) in [5.74, 6) is -0.682. The van der Waals surface area contributed by atoms with Crippen LogP contribution in [0.4, 0.5) is 15.8 Å². The lowest BCUT2D eigenvalue weighted by Gasteiger charge is -2.32. The highest BCUT2D eigenvalue weighted by Crippen LogP contribution is 2.33. The Bertz CT molecular complexity index is 519. The maximum Gasteiger partial charge on any atom is 0.295 e. The maximum absolute atomic E-state index is 13.4. The summed E-state index contributed by atoms with van der Waals surface area (Å²) >= 11 is 3.01. The summed E-state index contributed by atoms with van der Waals surface area (Å²) in [6, 6.07) is 2.21. The van der Waals surface area contributed by atoms with Gasteiger partial charge in [0.15, 0.2) is 0 Å². The third-order valence-electron chi connectivity index (χ3n) is 3.63. The summed E-state index contributed by atoms with van der Waals surface area (Å²) in [4.78, 5) is 10.3. The standard InChI is InChI=1S/C13H16BrFN2O3/c14-9-6-11(12(17(19)20)7-10(9)15)16-8-13(18)4-2-1-3-5-13/h6-7,16,18H,1-5,8H2. The Kier molecular flexibility index (Phi) is 4.59. The summed E-state index contributed by atoms with van der Waals surface area (Å²) in [5.41, 5.74) is -0.958. The number of hydrogen-bond acceptors (Lipinski definition) is 4. The fourth-order valence-corrected chi connectivity index (χ4v) is 2.82. The fraction of sp³-hybridized carbons (Fsp3) is 0.538. The summed E-state index contributed by atoms with van der Waals surface area (Å²) in [6.07, 6.45) is 4.36. The Balaban J connectivity index is 2.16. The smallest absolute Gasteiger partial charge is 0.295 e. The maximum atomic E-state index is 13.4. The molecule has 5 nitrogen and oxygen atoms in total. The van der Waals surface area contributed by atoms with Crippen LogP contribution < -0.4 is 5.32 Å². The SMILES string of the molecule is O=[N+]([O-])c1cc(F)c(Br)cc1NCC1(O)CCCCC1. The van der Waals surface area contributed by atoms with E-state index in [1.807, 2.05) is 0 Å². The van der Waals surface area contributed by atoms with Gasteiger partial charge in [-0.05, 0) is 34.8 Å². The van der Waals surface area contributed by atoms with E-state index < -0.39 is 16.3 Å². The predicted molar refractivity (Wildman–Crippen MR) is 77.3 cm³/mol. The zero-order chi connectivity index (χ0) is 14.8. The normalized spacial score (nSPS) is 17.8. The number of halogens is 2. The Morgan fingerprint density at radius 3 is 2.65 bits per heavy atom. The summed E-state index contributed by atoms with van der Waals surface area (Å²) in [6.45, 7) is 0.228. The molecule has 1 fully saturated rings. The number of rotatable bonds is 4. The van der Waals surface area contributed by atoms with Crippen LogP contribution in [0.15, 0.2) is 16.6 Å². The van der Waals surface area contributed by atoms with E-state index in [2.05, 4.69) is 21.2 Å². The van der Waals surface area contributed by atoms with Crippen molar-refractivity contribution in [3.8, 4) is 0 Å². The largest absolute Gasteiger partial charge is 0.388 e. The predicted octanol–water partition coefficient (Wildman–Crippen LogP) is 3.60. The molecule has 1 aromatic rings. The summed E-state index contributed by atoms with van der Waals surface area (Å²) < 4.78 is 13.5. The molecule has 2 rings (SSSR count). The quantitative estimate of drug-likeness (QED) is 0.645. The van der Waals surface area contributed by atoms with E-state index in [1.54, 1.807) is 0 Å². The fourth-order valence-electron chi connectivity index (χ4n) is 2.48. The molecule has 0 aromatic heterocycles. The van der Waals surface area contributed by atoms with E-state index in [0.717, 1.165) is 25.3 Å². The van der Waals surface area contributed by atoms with E-state index in [0.29, 0.717) is 12.8 Å². The molecule has 0 atom stereocenters. The van der Waals surface area contributed by atoms with Gasteiger partial charge in [0.2, 0.25) is 0 Å². The average molecular weight is 347 g/mol. The monoisotopic (exact) mass is 346 g/mol. The highest BCUT2D eigenvalue weighted by atomic mass is 79.9. The van der Waals surface area contributed by atoms with Crippen molar-refractivity contribution in [2.45, 2.75) is 37.7 Å². The van der Waals surface area contributed by atoms with Gasteiger partial charge in [0, 0.05) is 6.54 Å². The van der Waals surface area contributed by atoms with E-state index in [-0.39, 0.29) is 22.4 Å². The van der Waals surface area contributed by atoms with Crippen molar-refractivity contribution in [2.75, 3.05) is 11.9 Å². The zero-order valence-electron chi connectivity index (χ0n) is 10.9. The second-order valence-corrected chi connectivity index (χ2v) is 6.03. The number of hydrogen-bond donors (Lipinski definition) is 2. The Morgan fingerprint density at radius 1 is 1.40 bits per heavy atom. The number of nitro groups is 1. The van der Waals surface area contributed by atoms with Gasteiger partial charge in [0.1, 0.15) is 11.5 Å². The molecular formula is C13H16BrFN2O3. The van der Waals surface area contributed by atoms with E-state index in [4.69, 9.17) is 0 Å². The van der Waals surface area contributed by atoms with Crippen LogP contribution in [-0.2, 0) is 0 Å². The molecule has 0 bridgehead atoms. The minimum absolute atomic E-state index is 0.154. The lowest BCUT2D eigenvalue weighted by molar-refractivity contribution is -0.384. The van der Waals surface area contributed by atoms with Gasteiger partial charge in [-0.15, -0.1) is 0 Å². The molecule has 1 aromatic carbocycles. The highest BCUT2D eigenvalue weighted by Gasteiger charge is 2.30. The van der Waals surface area contributed by atoms with Gasteiger partial charge < -0.3 is 10.4 Å². The first-order valence-electron chi connectivity index (χ1n) is 6.51. The molecule has 110 valence electrons. The number of benzene rings is 1. The van der Waals surface area contributed by atoms with Gasteiger partial charge in [-0.3, -0.25) is 10.1 Å². The molecule has 1 aliphatic carbocycles. The molecule has 0 spiro atoms. The third kappa shape index (κ3) is 3.46. The van der Waals surface area contributed by atoms with Crippen LogP contribution in [0.1, 0.15) is 32.1 Å². The van der Waals surface area contributed by atoms with Gasteiger partial charge in [-0.1, -0.05) is 19.3 Å². The van der Waals surface area contributed by atoms with Gasteiger partial charge >= 0.3 is 0 Å². The van der Waals surface area contributed by atoms with Crippen LogP contribution in [-0.4, -0.2) is 22.2 Å². The van der Waals surface area contributed by atoms with E-state index in [1.165, 1.54) is 6.07 Å². The Labute approximate surface area is 124 Å². The van der Waals surface area contributed by atoms with Crippen molar-refractivity contribution in [1.29, 1.82) is 0 Å². The number of nitrogens with one attached hydrogen (secondary N) is 1. The number of anilines is 1. The van der Waals surface area contributed by atoms with Gasteiger partial charge in [-0.2, -0.15) is 0 Å². The first kappa shape index (κ1) is 15.2. The van der Waals surface area contributed by atoms with Crippen molar-refractivity contribution in [1.82, 2.24) is 0 Å². The van der Waals surface area contributed by atoms with Crippen molar-refractivity contribution in [3.63, 3.8) is 0 Å². The first-order valence-corrected chi connectivity index (χ1v) is 7.30. The second-order valence-electron chi connectivity index (χ2n) is 5.18. The van der Waals surface area contributed by atoms with Gasteiger partial charge in [-0.25, -0.2) is 4.39 Å². The molecule has 0 saturated heterocycles. The molecule has 0 unspecified atom stereocenters. The molecule has 1 aliphatic rings. The number of nitro benzene ring substituents is 1. The molecule has 20 heavy (non-hydrogen) atoms. The van der Waals surface area contributed by atoms with Crippen molar-refractivity contribution in [2.24, 2.45) is 0 Å². The summed E-state index contributed by atoms with van der Waals surface area (Å²) in [5, 5.41) is 24.2. The van der Waals surface area contributed by atoms with E-state index in [9.17, 15) is 19.6 Å². The Morgan fingerprint density at radius 2 is 2.05 bits per heavy atom. The first-order chi connectivity index (χ1) is 9.41. The molecule has 0 radical (unpaired) electrons. The van der Waals surface area contributed by atoms with Crippen LogP contribution in [0, 0.1) is 15.9 Å². The van der Waals surface area contributed by atoms with Gasteiger partial charge in [0.25, 0.3) is 5.69 Å². The number of aliphatic hydroxyl groups is 1. The van der Waals surface area contributed by atoms with Crippen LogP contribution in [0.3, 0.4) is 0 Å². The topological polar surface area (TPSA) is 75.4 Å². The van der Waals surface area contributed by atoms with Crippen LogP contribution in [0.2, 0.25) is 0 Å². The van der Waals surface area contributed by atoms with Crippen LogP contribution in [0.25, 0.3) is 0 Å². The van der Waals surface area contributed by atoms with E-state index >= 15 is 0 Å². The molecule has 0 amide bonds.